The summed E-state index contributed by atoms with van der Waals surface area (Å²) in [6, 6.07) is 26.6. The lowest BCUT2D eigenvalue weighted by molar-refractivity contribution is -0.120. The first-order chi connectivity index (χ1) is 21.9. The summed E-state index contributed by atoms with van der Waals surface area (Å²) in [5.41, 5.74) is 1.73. The minimum Gasteiger partial charge on any atom is -0.369 e. The van der Waals surface area contributed by atoms with E-state index in [9.17, 15) is 18.0 Å². The van der Waals surface area contributed by atoms with E-state index in [1.807, 2.05) is 12.1 Å². The number of carbonyl (C=O) groups is 2. The van der Waals surface area contributed by atoms with Crippen LogP contribution in [0.4, 0.5) is 11.4 Å². The van der Waals surface area contributed by atoms with Crippen LogP contribution in [-0.2, 0) is 14.8 Å². The minimum absolute atomic E-state index is 0.0599. The van der Waals surface area contributed by atoms with Crippen LogP contribution in [0.2, 0.25) is 0 Å². The van der Waals surface area contributed by atoms with E-state index in [-0.39, 0.29) is 22.9 Å². The second kappa shape index (κ2) is 15.2. The first-order valence-corrected chi connectivity index (χ1v) is 16.2. The molecule has 0 atom stereocenters. The van der Waals surface area contributed by atoms with Gasteiger partial charge in [0.1, 0.15) is 0 Å². The van der Waals surface area contributed by atoms with E-state index in [4.69, 9.17) is 4.84 Å². The summed E-state index contributed by atoms with van der Waals surface area (Å²) in [5, 5.41) is 5.44. The molecule has 2 amide bonds. The van der Waals surface area contributed by atoms with Gasteiger partial charge in [-0.2, -0.15) is 8.42 Å². The molecule has 0 bridgehead atoms. The summed E-state index contributed by atoms with van der Waals surface area (Å²) in [5.74, 6) is -0.428. The highest BCUT2D eigenvalue weighted by Crippen LogP contribution is 2.26. The molecule has 5 rings (SSSR count). The summed E-state index contributed by atoms with van der Waals surface area (Å²) in [6.07, 6.45) is 4.41. The van der Waals surface area contributed by atoms with Gasteiger partial charge in [-0.1, -0.05) is 40.9 Å². The molecule has 45 heavy (non-hydrogen) atoms. The number of pyridine rings is 1. The molecule has 2 N–H and O–H groups in total. The zero-order valence-corrected chi connectivity index (χ0v) is 25.6. The number of nitrogens with one attached hydrogen (secondary N) is 2. The lowest BCUT2D eigenvalue weighted by Gasteiger charge is -2.36. The standard InChI is InChI=1S/C33H36N6O5S/c40-32(35-18-7-21-37-22-24-38(25-23-37)28-16-19-34-20-17-28)26-36-33(41)27-12-14-31(15-13-27)45(42,43)39(29-8-3-1-4-9-29)44-30-10-5-2-6-11-30/h1-6,8-17,19-20H,7,18,21-26H2,(H,35,40)(H,36,41). The van der Waals surface area contributed by atoms with Crippen molar-refractivity contribution in [2.75, 3.05) is 55.2 Å². The Morgan fingerprint density at radius 2 is 1.44 bits per heavy atom. The number of rotatable bonds is 13. The van der Waals surface area contributed by atoms with E-state index in [0.29, 0.717) is 18.0 Å². The predicted molar refractivity (Wildman–Crippen MR) is 172 cm³/mol. The Bertz CT molecular complexity index is 1630. The zero-order valence-electron chi connectivity index (χ0n) is 24.8. The number of amides is 2. The van der Waals surface area contributed by atoms with Crippen molar-refractivity contribution in [2.24, 2.45) is 0 Å². The molecule has 1 saturated heterocycles. The van der Waals surface area contributed by atoms with E-state index < -0.39 is 15.9 Å². The third kappa shape index (κ3) is 8.58. The molecule has 2 heterocycles. The van der Waals surface area contributed by atoms with Gasteiger partial charge in [0.2, 0.25) is 5.91 Å². The molecule has 0 radical (unpaired) electrons. The van der Waals surface area contributed by atoms with Gasteiger partial charge in [0.25, 0.3) is 15.9 Å². The molecule has 3 aromatic carbocycles. The lowest BCUT2D eigenvalue weighted by atomic mass is 10.2. The molecule has 1 aliphatic heterocycles. The second-order valence-electron chi connectivity index (χ2n) is 10.4. The molecule has 0 saturated carbocycles. The maximum Gasteiger partial charge on any atom is 0.295 e. The lowest BCUT2D eigenvalue weighted by Crippen LogP contribution is -2.47. The summed E-state index contributed by atoms with van der Waals surface area (Å²) in [4.78, 5) is 39.5. The van der Waals surface area contributed by atoms with Crippen LogP contribution < -0.4 is 24.8 Å². The highest BCUT2D eigenvalue weighted by molar-refractivity contribution is 7.92. The average Bonchev–Trinajstić information content (AvgIpc) is 3.09. The van der Waals surface area contributed by atoms with Crippen LogP contribution in [0.25, 0.3) is 0 Å². The van der Waals surface area contributed by atoms with Crippen LogP contribution in [0.5, 0.6) is 5.75 Å². The Morgan fingerprint density at radius 3 is 2.11 bits per heavy atom. The zero-order chi connectivity index (χ0) is 31.5. The van der Waals surface area contributed by atoms with Gasteiger partial charge >= 0.3 is 0 Å². The number of piperazine rings is 1. The maximum atomic E-state index is 13.6. The molecule has 4 aromatic rings. The number of hydrogen-bond acceptors (Lipinski definition) is 8. The van der Waals surface area contributed by atoms with Gasteiger partial charge in [0, 0.05) is 56.4 Å². The van der Waals surface area contributed by atoms with Crippen molar-refractivity contribution in [3.63, 3.8) is 0 Å². The first-order valence-electron chi connectivity index (χ1n) is 14.8. The Hall–Kier alpha value is -4.94. The van der Waals surface area contributed by atoms with Crippen LogP contribution >= 0.6 is 0 Å². The van der Waals surface area contributed by atoms with Crippen molar-refractivity contribution in [3.05, 3.63) is 115 Å². The van der Waals surface area contributed by atoms with Crippen molar-refractivity contribution < 1.29 is 22.8 Å². The molecular formula is C33H36N6O5S. The van der Waals surface area contributed by atoms with E-state index in [0.717, 1.165) is 43.6 Å². The third-order valence-corrected chi connectivity index (χ3v) is 8.90. The largest absolute Gasteiger partial charge is 0.369 e. The van der Waals surface area contributed by atoms with E-state index in [2.05, 4.69) is 25.4 Å². The quantitative estimate of drug-likeness (QED) is 0.171. The van der Waals surface area contributed by atoms with Crippen LogP contribution in [0.1, 0.15) is 16.8 Å². The summed E-state index contributed by atoms with van der Waals surface area (Å²) < 4.78 is 28.0. The summed E-state index contributed by atoms with van der Waals surface area (Å²) in [6.45, 7) is 5.01. The fourth-order valence-electron chi connectivity index (χ4n) is 4.88. The summed E-state index contributed by atoms with van der Waals surface area (Å²) >= 11 is 0. The number of nitrogens with zero attached hydrogens (tertiary/aromatic N) is 4. The Morgan fingerprint density at radius 1 is 0.800 bits per heavy atom. The normalized spacial score (nSPS) is 13.6. The van der Waals surface area contributed by atoms with Crippen molar-refractivity contribution in [1.29, 1.82) is 0 Å². The number of aromatic nitrogens is 1. The maximum absolute atomic E-state index is 13.6. The average molecular weight is 629 g/mol. The molecule has 1 aliphatic rings. The van der Waals surface area contributed by atoms with Gasteiger partial charge in [-0.15, -0.1) is 0 Å². The monoisotopic (exact) mass is 628 g/mol. The van der Waals surface area contributed by atoms with Crippen molar-refractivity contribution in [2.45, 2.75) is 11.3 Å². The molecule has 234 valence electrons. The molecule has 1 aromatic heterocycles. The van der Waals surface area contributed by atoms with Crippen LogP contribution in [0.3, 0.4) is 0 Å². The highest BCUT2D eigenvalue weighted by Gasteiger charge is 2.28. The van der Waals surface area contributed by atoms with Gasteiger partial charge in [0.15, 0.2) is 5.75 Å². The van der Waals surface area contributed by atoms with Crippen LogP contribution in [0.15, 0.2) is 114 Å². The molecule has 1 fully saturated rings. The first kappa shape index (κ1) is 31.5. The number of sulfonamides is 1. The molecule has 0 aliphatic carbocycles. The molecule has 12 heteroatoms. The third-order valence-electron chi connectivity index (χ3n) is 7.31. The Kier molecular flexibility index (Phi) is 10.6. The van der Waals surface area contributed by atoms with Gasteiger partial charge in [-0.05, 0) is 73.6 Å². The second-order valence-corrected chi connectivity index (χ2v) is 12.2. The highest BCUT2D eigenvalue weighted by atomic mass is 32.2. The van der Waals surface area contributed by atoms with Gasteiger partial charge < -0.3 is 20.4 Å². The topological polar surface area (TPSA) is 124 Å². The van der Waals surface area contributed by atoms with Gasteiger partial charge in [-0.3, -0.25) is 19.5 Å². The molecule has 0 unspecified atom stereocenters. The van der Waals surface area contributed by atoms with Gasteiger partial charge in [0.05, 0.1) is 17.1 Å². The smallest absolute Gasteiger partial charge is 0.295 e. The minimum atomic E-state index is -4.15. The van der Waals surface area contributed by atoms with Gasteiger partial charge in [-0.25, -0.2) is 0 Å². The van der Waals surface area contributed by atoms with Crippen molar-refractivity contribution in [3.8, 4) is 5.75 Å². The number of benzene rings is 3. The number of anilines is 2. The molecular weight excluding hydrogens is 592 g/mol. The number of carbonyl (C=O) groups excluding carboxylic acids is 2. The SMILES string of the molecule is O=C(CNC(=O)c1ccc(S(=O)(=O)N(Oc2ccccc2)c2ccccc2)cc1)NCCCN1CCN(c2ccncc2)CC1. The van der Waals surface area contributed by atoms with E-state index >= 15 is 0 Å². The molecule has 11 nitrogen and oxygen atoms in total. The van der Waals surface area contributed by atoms with E-state index in [1.165, 1.54) is 30.0 Å². The summed E-state index contributed by atoms with van der Waals surface area (Å²) in [7, 11) is -4.15. The molecule has 0 spiro atoms. The van der Waals surface area contributed by atoms with Crippen LogP contribution in [-0.4, -0.2) is 75.9 Å². The van der Waals surface area contributed by atoms with Crippen LogP contribution in [0, 0.1) is 0 Å². The Balaban J connectivity index is 1.07. The predicted octanol–water partition coefficient (Wildman–Crippen LogP) is 3.33. The number of hydrogen-bond donors (Lipinski definition) is 2. The number of para-hydroxylation sites is 2. The fourth-order valence-corrected chi connectivity index (χ4v) is 6.14. The Labute approximate surface area is 263 Å². The van der Waals surface area contributed by atoms with Crippen molar-refractivity contribution in [1.82, 2.24) is 20.5 Å². The van der Waals surface area contributed by atoms with E-state index in [1.54, 1.807) is 73.1 Å². The van der Waals surface area contributed by atoms with Crippen molar-refractivity contribution >= 4 is 33.2 Å². The fraction of sp³-hybridized carbons (Fsp3) is 0.242.